The molecular formula is C23H33N7O3. The molecule has 33 heavy (non-hydrogen) atoms. The van der Waals surface area contributed by atoms with Crippen LogP contribution >= 0.6 is 0 Å². The topological polar surface area (TPSA) is 135 Å². The Morgan fingerprint density at radius 3 is 2.55 bits per heavy atom. The molecule has 1 unspecified atom stereocenters. The van der Waals surface area contributed by atoms with Gasteiger partial charge in [-0.25, -0.2) is 9.67 Å². The Bertz CT molecular complexity index is 974. The summed E-state index contributed by atoms with van der Waals surface area (Å²) in [5.74, 6) is 0.466. The average molecular weight is 456 g/mol. The fraction of sp³-hybridized carbons (Fsp3) is 0.522. The van der Waals surface area contributed by atoms with Gasteiger partial charge in [0.1, 0.15) is 6.04 Å². The van der Waals surface area contributed by atoms with E-state index >= 15 is 0 Å². The molecule has 1 aliphatic heterocycles. The molecule has 1 aromatic carbocycles. The highest BCUT2D eigenvalue weighted by molar-refractivity contribution is 5.87. The quantitative estimate of drug-likeness (QED) is 0.628. The van der Waals surface area contributed by atoms with Crippen LogP contribution in [0.15, 0.2) is 30.3 Å². The molecule has 0 radical (unpaired) electrons. The van der Waals surface area contributed by atoms with Crippen LogP contribution < -0.4 is 16.4 Å². The van der Waals surface area contributed by atoms with Gasteiger partial charge in [0.05, 0.1) is 19.1 Å². The molecule has 2 atom stereocenters. The van der Waals surface area contributed by atoms with Gasteiger partial charge in [-0.05, 0) is 19.3 Å². The predicted molar refractivity (Wildman–Crippen MR) is 124 cm³/mol. The SMILES string of the molecule is CC(C)C1NC(=O)[C@@H](C)NC(=O)CCCN(C(=O)CN)CCn2nc(-c3ccccc3)nc21. The summed E-state index contributed by atoms with van der Waals surface area (Å²) in [6.45, 7) is 6.69. The van der Waals surface area contributed by atoms with Gasteiger partial charge in [-0.1, -0.05) is 44.2 Å². The summed E-state index contributed by atoms with van der Waals surface area (Å²) in [4.78, 5) is 44.0. The van der Waals surface area contributed by atoms with Crippen LogP contribution in [0, 0.1) is 5.92 Å². The molecule has 2 heterocycles. The standard InChI is InChI=1S/C23H33N7O3/c1-15(2)20-22-27-21(17-8-5-4-6-9-17)28-30(22)13-12-29(19(32)14-24)11-7-10-18(31)25-16(3)23(33)26-20/h4-6,8-9,15-16,20H,7,10-14,24H2,1-3H3,(H,25,31)(H,26,33)/t16-,20?/m1/s1. The lowest BCUT2D eigenvalue weighted by Crippen LogP contribution is -2.47. The molecule has 2 aromatic rings. The van der Waals surface area contributed by atoms with Gasteiger partial charge in [0.25, 0.3) is 0 Å². The molecule has 0 aliphatic carbocycles. The van der Waals surface area contributed by atoms with Crippen molar-refractivity contribution in [2.45, 2.75) is 52.2 Å². The summed E-state index contributed by atoms with van der Waals surface area (Å²) in [6, 6.07) is 8.48. The van der Waals surface area contributed by atoms with Gasteiger partial charge in [-0.2, -0.15) is 5.10 Å². The number of aromatic nitrogens is 3. The highest BCUT2D eigenvalue weighted by atomic mass is 16.2. The van der Waals surface area contributed by atoms with Crippen LogP contribution in [0.1, 0.15) is 45.5 Å². The monoisotopic (exact) mass is 455 g/mol. The summed E-state index contributed by atoms with van der Waals surface area (Å²) in [7, 11) is 0. The van der Waals surface area contributed by atoms with Crippen LogP contribution in [0.2, 0.25) is 0 Å². The maximum absolute atomic E-state index is 12.9. The van der Waals surface area contributed by atoms with E-state index in [-0.39, 0.29) is 36.6 Å². The Morgan fingerprint density at radius 2 is 1.88 bits per heavy atom. The Labute approximate surface area is 193 Å². The Morgan fingerprint density at radius 1 is 1.15 bits per heavy atom. The van der Waals surface area contributed by atoms with Crippen molar-refractivity contribution in [1.29, 1.82) is 0 Å². The van der Waals surface area contributed by atoms with Gasteiger partial charge in [-0.15, -0.1) is 0 Å². The smallest absolute Gasteiger partial charge is 0.242 e. The molecule has 0 fully saturated rings. The summed E-state index contributed by atoms with van der Waals surface area (Å²) in [5.41, 5.74) is 6.47. The molecule has 4 N–H and O–H groups in total. The molecule has 178 valence electrons. The first-order valence-electron chi connectivity index (χ1n) is 11.4. The average Bonchev–Trinajstić information content (AvgIpc) is 3.22. The zero-order chi connectivity index (χ0) is 24.0. The first kappa shape index (κ1) is 24.4. The number of nitrogens with one attached hydrogen (secondary N) is 2. The third-order valence-corrected chi connectivity index (χ3v) is 5.69. The second-order valence-electron chi connectivity index (χ2n) is 8.59. The predicted octanol–water partition coefficient (Wildman–Crippen LogP) is 0.844. The van der Waals surface area contributed by atoms with E-state index in [2.05, 4.69) is 10.6 Å². The molecule has 0 saturated heterocycles. The van der Waals surface area contributed by atoms with E-state index in [1.807, 2.05) is 44.2 Å². The van der Waals surface area contributed by atoms with E-state index in [1.165, 1.54) is 0 Å². The third kappa shape index (κ3) is 6.16. The summed E-state index contributed by atoms with van der Waals surface area (Å²) >= 11 is 0. The zero-order valence-electron chi connectivity index (χ0n) is 19.5. The molecule has 1 aromatic heterocycles. The van der Waals surface area contributed by atoms with Crippen molar-refractivity contribution in [2.24, 2.45) is 11.7 Å². The van der Waals surface area contributed by atoms with Crippen LogP contribution in [-0.2, 0) is 20.9 Å². The van der Waals surface area contributed by atoms with Gasteiger partial charge in [0.2, 0.25) is 17.7 Å². The second-order valence-corrected chi connectivity index (χ2v) is 8.59. The van der Waals surface area contributed by atoms with E-state index < -0.39 is 12.1 Å². The van der Waals surface area contributed by atoms with Gasteiger partial charge in [0.15, 0.2) is 11.6 Å². The minimum atomic E-state index is -0.701. The zero-order valence-corrected chi connectivity index (χ0v) is 19.5. The van der Waals surface area contributed by atoms with Gasteiger partial charge in [0, 0.05) is 25.1 Å². The molecule has 3 amide bonds. The van der Waals surface area contributed by atoms with Crippen molar-refractivity contribution in [3.05, 3.63) is 36.2 Å². The van der Waals surface area contributed by atoms with E-state index in [9.17, 15) is 14.4 Å². The largest absolute Gasteiger partial charge is 0.345 e. The summed E-state index contributed by atoms with van der Waals surface area (Å²) in [6.07, 6.45) is 0.687. The van der Waals surface area contributed by atoms with Crippen molar-refractivity contribution in [3.8, 4) is 11.4 Å². The molecule has 10 heteroatoms. The first-order chi connectivity index (χ1) is 15.8. The normalized spacial score (nSPS) is 20.6. The highest BCUT2D eigenvalue weighted by Crippen LogP contribution is 2.24. The van der Waals surface area contributed by atoms with Crippen LogP contribution in [0.4, 0.5) is 0 Å². The maximum atomic E-state index is 12.9. The third-order valence-electron chi connectivity index (χ3n) is 5.69. The van der Waals surface area contributed by atoms with Crippen molar-refractivity contribution in [1.82, 2.24) is 30.3 Å². The maximum Gasteiger partial charge on any atom is 0.242 e. The number of rotatable bonds is 3. The lowest BCUT2D eigenvalue weighted by molar-refractivity contribution is -0.131. The van der Waals surface area contributed by atoms with Crippen LogP contribution in [0.25, 0.3) is 11.4 Å². The van der Waals surface area contributed by atoms with Crippen LogP contribution in [-0.4, -0.2) is 63.1 Å². The minimum Gasteiger partial charge on any atom is -0.345 e. The number of nitrogens with two attached hydrogens (primary N) is 1. The number of amides is 3. The van der Waals surface area contributed by atoms with E-state index in [0.717, 1.165) is 5.56 Å². The highest BCUT2D eigenvalue weighted by Gasteiger charge is 2.28. The number of fused-ring (bicyclic) bond motifs is 1. The van der Waals surface area contributed by atoms with Gasteiger partial charge in [-0.3, -0.25) is 14.4 Å². The molecule has 0 bridgehead atoms. The Balaban J connectivity index is 2.02. The van der Waals surface area contributed by atoms with Crippen LogP contribution in [0.3, 0.4) is 0 Å². The van der Waals surface area contributed by atoms with Crippen molar-refractivity contribution in [3.63, 3.8) is 0 Å². The number of carbonyl (C=O) groups excluding carboxylic acids is 3. The van der Waals surface area contributed by atoms with E-state index in [1.54, 1.807) is 16.5 Å². The fourth-order valence-electron chi connectivity index (χ4n) is 3.78. The van der Waals surface area contributed by atoms with Gasteiger partial charge >= 0.3 is 0 Å². The van der Waals surface area contributed by atoms with Crippen molar-refractivity contribution >= 4 is 17.7 Å². The number of hydrogen-bond acceptors (Lipinski definition) is 6. The van der Waals surface area contributed by atoms with E-state index in [4.69, 9.17) is 15.8 Å². The Kier molecular flexibility index (Phi) is 8.16. The van der Waals surface area contributed by atoms with Crippen molar-refractivity contribution < 1.29 is 14.4 Å². The lowest BCUT2D eigenvalue weighted by atomic mass is 10.0. The molecule has 0 spiro atoms. The molecule has 0 saturated carbocycles. The minimum absolute atomic E-state index is 0.0121. The number of carbonyl (C=O) groups is 3. The molecule has 3 rings (SSSR count). The molecule has 10 nitrogen and oxygen atoms in total. The van der Waals surface area contributed by atoms with Gasteiger partial charge < -0.3 is 21.3 Å². The lowest BCUT2D eigenvalue weighted by Gasteiger charge is -2.27. The number of nitrogens with zero attached hydrogens (tertiary/aromatic N) is 4. The van der Waals surface area contributed by atoms with Crippen molar-refractivity contribution in [2.75, 3.05) is 19.6 Å². The number of benzene rings is 1. The Hall–Kier alpha value is -3.27. The van der Waals surface area contributed by atoms with Crippen LogP contribution in [0.5, 0.6) is 0 Å². The fourth-order valence-corrected chi connectivity index (χ4v) is 3.78. The second kappa shape index (κ2) is 11.0. The first-order valence-corrected chi connectivity index (χ1v) is 11.4. The molecule has 1 aliphatic rings. The number of hydrogen-bond donors (Lipinski definition) is 3. The van der Waals surface area contributed by atoms with E-state index in [0.29, 0.717) is 37.7 Å². The summed E-state index contributed by atoms with van der Waals surface area (Å²) in [5, 5.41) is 10.5. The summed E-state index contributed by atoms with van der Waals surface area (Å²) < 4.78 is 1.76. The molecular weight excluding hydrogens is 422 g/mol.